The monoisotopic (exact) mass is 247 g/mol. The van der Waals surface area contributed by atoms with Crippen LogP contribution in [-0.2, 0) is 9.53 Å². The van der Waals surface area contributed by atoms with Crippen molar-refractivity contribution < 1.29 is 9.53 Å². The van der Waals surface area contributed by atoms with Gasteiger partial charge < -0.3 is 10.1 Å². The zero-order valence-electron chi connectivity index (χ0n) is 11.3. The van der Waals surface area contributed by atoms with E-state index in [0.29, 0.717) is 6.42 Å². The zero-order chi connectivity index (χ0) is 13.6. The van der Waals surface area contributed by atoms with E-state index in [1.165, 1.54) is 7.11 Å². The first-order chi connectivity index (χ1) is 8.51. The second-order valence-electron chi connectivity index (χ2n) is 4.65. The van der Waals surface area contributed by atoms with E-state index >= 15 is 0 Å². The minimum Gasteiger partial charge on any atom is -0.467 e. The van der Waals surface area contributed by atoms with Crippen LogP contribution in [0.5, 0.6) is 0 Å². The summed E-state index contributed by atoms with van der Waals surface area (Å²) in [4.78, 5) is 11.9. The number of hydrogen-bond acceptors (Lipinski definition) is 3. The van der Waals surface area contributed by atoms with Crippen LogP contribution < -0.4 is 5.32 Å². The van der Waals surface area contributed by atoms with Gasteiger partial charge in [0.15, 0.2) is 0 Å². The third-order valence-corrected chi connectivity index (χ3v) is 2.92. The van der Waals surface area contributed by atoms with E-state index in [1.54, 1.807) is 6.08 Å². The first-order valence-corrected chi connectivity index (χ1v) is 6.06. The fraction of sp³-hybridized carbons (Fsp3) is 0.400. The Morgan fingerprint density at radius 2 is 2.28 bits per heavy atom. The molecule has 0 aromatic heterocycles. The second-order valence-corrected chi connectivity index (χ2v) is 4.65. The molecule has 98 valence electrons. The number of nitrogens with one attached hydrogen (secondary N) is 1. The molecular weight excluding hydrogens is 226 g/mol. The lowest BCUT2D eigenvalue weighted by atomic mass is 9.95. The van der Waals surface area contributed by atoms with E-state index in [1.807, 2.05) is 38.1 Å². The maximum Gasteiger partial charge on any atom is 0.331 e. The highest BCUT2D eigenvalue weighted by molar-refractivity contribution is 5.84. The van der Waals surface area contributed by atoms with Crippen molar-refractivity contribution in [1.29, 1.82) is 0 Å². The lowest BCUT2D eigenvalue weighted by Crippen LogP contribution is -2.44. The van der Waals surface area contributed by atoms with E-state index in [0.717, 1.165) is 17.7 Å². The number of aryl methyl sites for hydroxylation is 1. The van der Waals surface area contributed by atoms with Crippen LogP contribution in [0.2, 0.25) is 0 Å². The van der Waals surface area contributed by atoms with Gasteiger partial charge in [-0.25, -0.2) is 4.79 Å². The third kappa shape index (κ3) is 3.62. The topological polar surface area (TPSA) is 38.3 Å². The number of anilines is 1. The Labute approximate surface area is 109 Å². The molecule has 0 aliphatic carbocycles. The summed E-state index contributed by atoms with van der Waals surface area (Å²) in [5.41, 5.74) is 1.35. The molecule has 0 aliphatic rings. The molecule has 1 N–H and O–H groups in total. The highest BCUT2D eigenvalue weighted by atomic mass is 16.5. The fourth-order valence-corrected chi connectivity index (χ4v) is 1.87. The van der Waals surface area contributed by atoms with Crippen LogP contribution in [0, 0.1) is 6.92 Å². The lowest BCUT2D eigenvalue weighted by molar-refractivity contribution is -0.145. The largest absolute Gasteiger partial charge is 0.467 e. The quantitative estimate of drug-likeness (QED) is 0.619. The molecule has 3 nitrogen and oxygen atoms in total. The first-order valence-electron chi connectivity index (χ1n) is 6.06. The minimum atomic E-state index is -0.725. The summed E-state index contributed by atoms with van der Waals surface area (Å²) in [5.74, 6) is -0.258. The number of carbonyl (C=O) groups excluding carboxylic acids is 1. The molecule has 1 aromatic rings. The van der Waals surface area contributed by atoms with Gasteiger partial charge in [-0.15, -0.1) is 6.58 Å². The van der Waals surface area contributed by atoms with Gasteiger partial charge in [0.25, 0.3) is 0 Å². The highest BCUT2D eigenvalue weighted by Crippen LogP contribution is 2.22. The third-order valence-electron chi connectivity index (χ3n) is 2.92. The van der Waals surface area contributed by atoms with Crippen LogP contribution in [0.1, 0.15) is 25.3 Å². The number of hydrogen-bond donors (Lipinski definition) is 1. The molecule has 18 heavy (non-hydrogen) atoms. The van der Waals surface area contributed by atoms with Crippen LogP contribution in [-0.4, -0.2) is 18.6 Å². The number of allylic oxidation sites excluding steroid dienone is 1. The Bertz CT molecular complexity index is 428. The van der Waals surface area contributed by atoms with Crippen LogP contribution in [0.4, 0.5) is 5.69 Å². The van der Waals surface area contributed by atoms with Gasteiger partial charge in [-0.2, -0.15) is 0 Å². The summed E-state index contributed by atoms with van der Waals surface area (Å²) < 4.78 is 4.88. The van der Waals surface area contributed by atoms with E-state index in [-0.39, 0.29) is 5.97 Å². The Balaban J connectivity index is 2.90. The van der Waals surface area contributed by atoms with E-state index in [9.17, 15) is 4.79 Å². The van der Waals surface area contributed by atoms with Crippen LogP contribution in [0.3, 0.4) is 0 Å². The summed E-state index contributed by atoms with van der Waals surface area (Å²) in [6, 6.07) is 7.93. The molecule has 1 atom stereocenters. The van der Waals surface area contributed by atoms with Crippen LogP contribution in [0.15, 0.2) is 36.9 Å². The van der Waals surface area contributed by atoms with E-state index in [4.69, 9.17) is 4.74 Å². The summed E-state index contributed by atoms with van der Waals surface area (Å²) in [7, 11) is 1.41. The normalized spacial score (nSPS) is 13.5. The lowest BCUT2D eigenvalue weighted by Gasteiger charge is -2.28. The van der Waals surface area contributed by atoms with Gasteiger partial charge in [0.05, 0.1) is 7.11 Å². The van der Waals surface area contributed by atoms with Gasteiger partial charge >= 0.3 is 5.97 Å². The molecule has 0 aliphatic heterocycles. The number of esters is 1. The highest BCUT2D eigenvalue weighted by Gasteiger charge is 2.33. The zero-order valence-corrected chi connectivity index (χ0v) is 11.3. The summed E-state index contributed by atoms with van der Waals surface area (Å²) in [6.07, 6.45) is 3.21. The Morgan fingerprint density at radius 1 is 1.56 bits per heavy atom. The van der Waals surface area contributed by atoms with Gasteiger partial charge in [0.1, 0.15) is 5.54 Å². The maximum atomic E-state index is 11.9. The molecule has 1 rings (SSSR count). The maximum absolute atomic E-state index is 11.9. The number of benzene rings is 1. The van der Waals surface area contributed by atoms with Gasteiger partial charge in [-0.05, 0) is 44.4 Å². The average Bonchev–Trinajstić information content (AvgIpc) is 2.35. The van der Waals surface area contributed by atoms with Crippen LogP contribution in [0.25, 0.3) is 0 Å². The fourth-order valence-electron chi connectivity index (χ4n) is 1.87. The number of methoxy groups -OCH3 is 1. The van der Waals surface area contributed by atoms with Gasteiger partial charge in [-0.1, -0.05) is 18.2 Å². The van der Waals surface area contributed by atoms with Crippen molar-refractivity contribution in [2.45, 2.75) is 32.2 Å². The molecule has 0 saturated carbocycles. The molecule has 0 fully saturated rings. The second kappa shape index (κ2) is 6.24. The molecule has 1 unspecified atom stereocenters. The molecule has 3 heteroatoms. The predicted molar refractivity (Wildman–Crippen MR) is 74.7 cm³/mol. The standard InChI is InChI=1S/C15H21NO2/c1-5-6-10-15(3,14(17)18-4)16-13-9-7-8-12(2)11-13/h5,7-9,11,16H,1,6,10H2,2-4H3. The Hall–Kier alpha value is -1.77. The average molecular weight is 247 g/mol. The van der Waals surface area contributed by atoms with Crippen molar-refractivity contribution in [1.82, 2.24) is 0 Å². The molecular formula is C15H21NO2. The molecule has 0 radical (unpaired) electrons. The van der Waals surface area contributed by atoms with Crippen LogP contribution >= 0.6 is 0 Å². The Kier molecular flexibility index (Phi) is 4.95. The smallest absolute Gasteiger partial charge is 0.331 e. The van der Waals surface area contributed by atoms with Crippen molar-refractivity contribution in [3.8, 4) is 0 Å². The number of carbonyl (C=O) groups is 1. The number of ether oxygens (including phenoxy) is 1. The van der Waals surface area contributed by atoms with E-state index in [2.05, 4.69) is 11.9 Å². The minimum absolute atomic E-state index is 0.258. The SMILES string of the molecule is C=CCCC(C)(Nc1cccc(C)c1)C(=O)OC. The number of rotatable bonds is 6. The molecule has 0 bridgehead atoms. The summed E-state index contributed by atoms with van der Waals surface area (Å²) >= 11 is 0. The van der Waals surface area contributed by atoms with E-state index < -0.39 is 5.54 Å². The van der Waals surface area contributed by atoms with Gasteiger partial charge in [0.2, 0.25) is 0 Å². The van der Waals surface area contributed by atoms with Gasteiger partial charge in [-0.3, -0.25) is 0 Å². The Morgan fingerprint density at radius 3 is 2.83 bits per heavy atom. The summed E-state index contributed by atoms with van der Waals surface area (Å²) in [6.45, 7) is 7.56. The van der Waals surface area contributed by atoms with Crippen molar-refractivity contribution in [2.24, 2.45) is 0 Å². The molecule has 0 spiro atoms. The molecule has 0 amide bonds. The van der Waals surface area contributed by atoms with Crippen molar-refractivity contribution in [3.63, 3.8) is 0 Å². The van der Waals surface area contributed by atoms with Crippen molar-refractivity contribution in [3.05, 3.63) is 42.5 Å². The summed E-state index contributed by atoms with van der Waals surface area (Å²) in [5, 5.41) is 3.26. The molecule has 0 heterocycles. The molecule has 1 aromatic carbocycles. The van der Waals surface area contributed by atoms with Crippen molar-refractivity contribution in [2.75, 3.05) is 12.4 Å². The predicted octanol–water partition coefficient (Wildman–Crippen LogP) is 3.30. The molecule has 0 saturated heterocycles. The van der Waals surface area contributed by atoms with Crippen molar-refractivity contribution >= 4 is 11.7 Å². The first kappa shape index (κ1) is 14.3. The van der Waals surface area contributed by atoms with Gasteiger partial charge in [0, 0.05) is 5.69 Å².